The lowest BCUT2D eigenvalue weighted by molar-refractivity contribution is 0.0340. The quantitative estimate of drug-likeness (QED) is 0.451. The highest BCUT2D eigenvalue weighted by Crippen LogP contribution is 2.30. The predicted octanol–water partition coefficient (Wildman–Crippen LogP) is 4.08. The lowest BCUT2D eigenvalue weighted by Crippen LogP contribution is -2.35. The molecule has 1 aliphatic heterocycles. The molecular formula is C24H24BrN3O3. The van der Waals surface area contributed by atoms with Crippen molar-refractivity contribution < 1.29 is 14.3 Å². The summed E-state index contributed by atoms with van der Waals surface area (Å²) >= 11 is 3.67. The number of morpholine rings is 1. The molecular weight excluding hydrogens is 458 g/mol. The number of halogens is 1. The molecule has 2 aromatic carbocycles. The van der Waals surface area contributed by atoms with E-state index in [9.17, 15) is 4.79 Å². The molecule has 31 heavy (non-hydrogen) atoms. The van der Waals surface area contributed by atoms with Crippen LogP contribution < -0.4 is 4.74 Å². The van der Waals surface area contributed by atoms with Crippen LogP contribution in [0.2, 0.25) is 0 Å². The van der Waals surface area contributed by atoms with Crippen LogP contribution in [-0.4, -0.2) is 47.2 Å². The molecule has 0 spiro atoms. The summed E-state index contributed by atoms with van der Waals surface area (Å²) in [5, 5.41) is 7.65. The van der Waals surface area contributed by atoms with Crippen LogP contribution in [0.5, 0.6) is 5.75 Å². The zero-order valence-corrected chi connectivity index (χ0v) is 18.8. The zero-order valence-electron chi connectivity index (χ0n) is 17.2. The van der Waals surface area contributed by atoms with Crippen molar-refractivity contribution in [3.8, 4) is 5.75 Å². The molecule has 3 aromatic rings. The molecule has 1 saturated heterocycles. The minimum absolute atomic E-state index is 0.0188. The average Bonchev–Trinajstić information content (AvgIpc) is 2.81. The Kier molecular flexibility index (Phi) is 7.40. The molecule has 0 N–H and O–H groups in total. The molecule has 7 heteroatoms. The van der Waals surface area contributed by atoms with Crippen molar-refractivity contribution in [2.24, 2.45) is 0 Å². The van der Waals surface area contributed by atoms with Crippen LogP contribution in [0.4, 0.5) is 0 Å². The van der Waals surface area contributed by atoms with E-state index in [0.29, 0.717) is 17.9 Å². The highest BCUT2D eigenvalue weighted by atomic mass is 79.9. The van der Waals surface area contributed by atoms with E-state index in [-0.39, 0.29) is 12.2 Å². The van der Waals surface area contributed by atoms with Gasteiger partial charge in [-0.1, -0.05) is 46.3 Å². The Labute approximate surface area is 190 Å². The van der Waals surface area contributed by atoms with E-state index in [1.54, 1.807) is 18.5 Å². The van der Waals surface area contributed by atoms with Crippen LogP contribution in [0.1, 0.15) is 27.0 Å². The zero-order chi connectivity index (χ0) is 21.5. The Morgan fingerprint density at radius 2 is 1.87 bits per heavy atom. The second-order valence-corrected chi connectivity index (χ2v) is 8.31. The highest BCUT2D eigenvalue weighted by molar-refractivity contribution is 9.10. The van der Waals surface area contributed by atoms with Crippen molar-refractivity contribution in [2.75, 3.05) is 26.3 Å². The first kappa shape index (κ1) is 21.6. The average molecular weight is 482 g/mol. The number of ketones is 1. The Morgan fingerprint density at radius 1 is 1.06 bits per heavy atom. The van der Waals surface area contributed by atoms with Crippen LogP contribution in [0.25, 0.3) is 0 Å². The van der Waals surface area contributed by atoms with Gasteiger partial charge in [-0.2, -0.15) is 10.2 Å². The minimum Gasteiger partial charge on any atom is -0.488 e. The normalized spacial score (nSPS) is 14.4. The van der Waals surface area contributed by atoms with Crippen molar-refractivity contribution in [1.82, 2.24) is 15.1 Å². The summed E-state index contributed by atoms with van der Waals surface area (Å²) in [6.07, 6.45) is 3.45. The number of hydrogen-bond acceptors (Lipinski definition) is 6. The maximum Gasteiger partial charge on any atom is 0.171 e. The largest absolute Gasteiger partial charge is 0.488 e. The third-order valence-corrected chi connectivity index (χ3v) is 5.93. The van der Waals surface area contributed by atoms with E-state index in [1.165, 1.54) is 0 Å². The van der Waals surface area contributed by atoms with Crippen molar-refractivity contribution in [3.63, 3.8) is 0 Å². The summed E-state index contributed by atoms with van der Waals surface area (Å²) in [6, 6.07) is 15.6. The summed E-state index contributed by atoms with van der Waals surface area (Å²) in [7, 11) is 0. The van der Waals surface area contributed by atoms with Crippen LogP contribution in [-0.2, 0) is 24.3 Å². The molecule has 0 amide bonds. The molecule has 6 nitrogen and oxygen atoms in total. The molecule has 0 atom stereocenters. The molecule has 160 valence electrons. The van der Waals surface area contributed by atoms with E-state index in [0.717, 1.165) is 54.0 Å². The van der Waals surface area contributed by atoms with E-state index < -0.39 is 0 Å². The minimum atomic E-state index is -0.0188. The van der Waals surface area contributed by atoms with Crippen LogP contribution >= 0.6 is 15.9 Å². The fourth-order valence-corrected chi connectivity index (χ4v) is 3.96. The molecule has 1 aromatic heterocycles. The Bertz CT molecular complexity index is 1010. The fraction of sp³-hybridized carbons (Fsp3) is 0.292. The Hall–Kier alpha value is -2.61. The van der Waals surface area contributed by atoms with Crippen molar-refractivity contribution in [1.29, 1.82) is 0 Å². The smallest absolute Gasteiger partial charge is 0.171 e. The lowest BCUT2D eigenvalue weighted by atomic mass is 10.0. The maximum atomic E-state index is 13.1. The van der Waals surface area contributed by atoms with Crippen molar-refractivity contribution >= 4 is 21.7 Å². The van der Waals surface area contributed by atoms with Gasteiger partial charge in [0.05, 0.1) is 25.0 Å². The molecule has 4 rings (SSSR count). The first-order chi connectivity index (χ1) is 15.2. The van der Waals surface area contributed by atoms with Gasteiger partial charge in [-0.25, -0.2) is 0 Å². The molecule has 0 unspecified atom stereocenters. The molecule has 0 bridgehead atoms. The number of nitrogens with zero attached hydrogens (tertiary/aromatic N) is 3. The third kappa shape index (κ3) is 5.97. The standard InChI is InChI=1S/C24H24BrN3O3/c25-22-14-21(23(29)12-19-6-7-26-27-15-19)24(31-17-18-4-2-1-3-5-18)13-20(22)16-28-8-10-30-11-9-28/h1-7,13-15H,8-12,16-17H2. The summed E-state index contributed by atoms with van der Waals surface area (Å²) < 4.78 is 12.5. The second kappa shape index (κ2) is 10.6. The summed E-state index contributed by atoms with van der Waals surface area (Å²) in [4.78, 5) is 15.5. The van der Waals surface area contributed by atoms with Gasteiger partial charge in [0.2, 0.25) is 0 Å². The summed E-state index contributed by atoms with van der Waals surface area (Å²) in [5.74, 6) is 0.581. The Balaban J connectivity index is 1.59. The SMILES string of the molecule is O=C(Cc1ccnnc1)c1cc(Br)c(CN2CCOCC2)cc1OCc1ccccc1. The van der Waals surface area contributed by atoms with Gasteiger partial charge in [0.15, 0.2) is 5.78 Å². The number of aromatic nitrogens is 2. The fourth-order valence-electron chi connectivity index (χ4n) is 3.49. The molecule has 1 fully saturated rings. The summed E-state index contributed by atoms with van der Waals surface area (Å²) in [5.41, 5.74) is 3.52. The number of ether oxygens (including phenoxy) is 2. The number of Topliss-reactive ketones (excluding diaryl/α,β-unsaturated/α-hetero) is 1. The number of rotatable bonds is 8. The van der Waals surface area contributed by atoms with Gasteiger partial charge >= 0.3 is 0 Å². The van der Waals surface area contributed by atoms with E-state index in [1.807, 2.05) is 42.5 Å². The number of carbonyl (C=O) groups is 1. The third-order valence-electron chi connectivity index (χ3n) is 5.19. The molecule has 0 saturated carbocycles. The maximum absolute atomic E-state index is 13.1. The molecule has 2 heterocycles. The van der Waals surface area contributed by atoms with Crippen molar-refractivity contribution in [3.05, 3.63) is 87.7 Å². The number of hydrogen-bond donors (Lipinski definition) is 0. The van der Waals surface area contributed by atoms with E-state index in [2.05, 4.69) is 31.0 Å². The van der Waals surface area contributed by atoms with Gasteiger partial charge in [0, 0.05) is 36.7 Å². The molecule has 1 aliphatic rings. The van der Waals surface area contributed by atoms with Gasteiger partial charge in [0.25, 0.3) is 0 Å². The van der Waals surface area contributed by atoms with Crippen molar-refractivity contribution in [2.45, 2.75) is 19.6 Å². The number of carbonyl (C=O) groups excluding carboxylic acids is 1. The first-order valence-corrected chi connectivity index (χ1v) is 11.1. The monoisotopic (exact) mass is 481 g/mol. The molecule has 0 radical (unpaired) electrons. The second-order valence-electron chi connectivity index (χ2n) is 7.45. The highest BCUT2D eigenvalue weighted by Gasteiger charge is 2.19. The Morgan fingerprint density at radius 3 is 2.61 bits per heavy atom. The van der Waals surface area contributed by atoms with Crippen LogP contribution in [0, 0.1) is 0 Å². The van der Waals surface area contributed by atoms with E-state index >= 15 is 0 Å². The number of benzene rings is 2. The van der Waals surface area contributed by atoms with Gasteiger partial charge in [0.1, 0.15) is 12.4 Å². The van der Waals surface area contributed by atoms with Crippen LogP contribution in [0.3, 0.4) is 0 Å². The van der Waals surface area contributed by atoms with Crippen LogP contribution in [0.15, 0.2) is 65.4 Å². The van der Waals surface area contributed by atoms with Gasteiger partial charge < -0.3 is 9.47 Å². The molecule has 0 aliphatic carbocycles. The lowest BCUT2D eigenvalue weighted by Gasteiger charge is -2.27. The van der Waals surface area contributed by atoms with Gasteiger partial charge in [-0.3, -0.25) is 9.69 Å². The predicted molar refractivity (Wildman–Crippen MR) is 121 cm³/mol. The first-order valence-electron chi connectivity index (χ1n) is 10.3. The van der Waals surface area contributed by atoms with Gasteiger partial charge in [-0.15, -0.1) is 0 Å². The summed E-state index contributed by atoms with van der Waals surface area (Å²) in [6.45, 7) is 4.44. The van der Waals surface area contributed by atoms with E-state index in [4.69, 9.17) is 9.47 Å². The topological polar surface area (TPSA) is 64.6 Å². The van der Waals surface area contributed by atoms with Gasteiger partial charge in [-0.05, 0) is 34.9 Å².